The van der Waals surface area contributed by atoms with Crippen LogP contribution in [0.4, 0.5) is 5.69 Å². The molecule has 0 aliphatic rings. The third-order valence-corrected chi connectivity index (χ3v) is 9.23. The van der Waals surface area contributed by atoms with Crippen LogP contribution in [0.1, 0.15) is 21.5 Å². The number of nitrogens with zero attached hydrogens (tertiary/aromatic N) is 2. The number of hydrogen-bond acceptors (Lipinski definition) is 7. The van der Waals surface area contributed by atoms with Gasteiger partial charge >= 0.3 is 0 Å². The third kappa shape index (κ3) is 5.66. The lowest BCUT2D eigenvalue weighted by Gasteiger charge is -2.28. The first-order chi connectivity index (χ1) is 18.8. The smallest absolute Gasteiger partial charge is 0.276 e. The van der Waals surface area contributed by atoms with Gasteiger partial charge in [-0.15, -0.1) is 23.7 Å². The van der Waals surface area contributed by atoms with Gasteiger partial charge in [0.15, 0.2) is 0 Å². The zero-order valence-electron chi connectivity index (χ0n) is 21.6. The van der Waals surface area contributed by atoms with Crippen LogP contribution in [0.15, 0.2) is 96.2 Å². The Morgan fingerprint density at radius 2 is 1.80 bits per heavy atom. The summed E-state index contributed by atoms with van der Waals surface area (Å²) in [7, 11) is -2.67. The number of sulfonamides is 1. The molecular formula is C29H26ClN3O5S2. The molecule has 2 aromatic heterocycles. The molecule has 1 amide bonds. The number of pyridine rings is 1. The Kier molecular flexibility index (Phi) is 8.75. The van der Waals surface area contributed by atoms with Crippen molar-refractivity contribution >= 4 is 55.4 Å². The molecule has 0 radical (unpaired) electrons. The number of rotatable bonds is 8. The number of amides is 1. The highest BCUT2D eigenvalue weighted by Crippen LogP contribution is 2.39. The largest absolute Gasteiger partial charge is 0.497 e. The maximum absolute atomic E-state index is 14.1. The Labute approximate surface area is 242 Å². The van der Waals surface area contributed by atoms with Crippen LogP contribution < -0.4 is 14.5 Å². The number of benzene rings is 3. The summed E-state index contributed by atoms with van der Waals surface area (Å²) in [6.07, 6.45) is 3.17. The first kappa shape index (κ1) is 29.0. The Hall–Kier alpha value is -3.96. The molecule has 0 fully saturated rings. The van der Waals surface area contributed by atoms with Crippen molar-refractivity contribution in [2.24, 2.45) is 0 Å². The lowest BCUT2D eigenvalue weighted by molar-refractivity contribution is 0.0707. The van der Waals surface area contributed by atoms with Gasteiger partial charge in [-0.05, 0) is 83.6 Å². The van der Waals surface area contributed by atoms with Gasteiger partial charge in [-0.1, -0.05) is 24.3 Å². The number of nitrogens with one attached hydrogen (secondary N) is 1. The third-order valence-electron chi connectivity index (χ3n) is 6.30. The van der Waals surface area contributed by atoms with E-state index in [9.17, 15) is 18.4 Å². The number of hydroxylamine groups is 1. The number of carbonyl (C=O) groups excluding carboxylic acids is 1. The van der Waals surface area contributed by atoms with Gasteiger partial charge in [0.25, 0.3) is 15.9 Å². The van der Waals surface area contributed by atoms with Crippen LogP contribution in [0, 0.1) is 6.92 Å². The minimum atomic E-state index is -4.17. The summed E-state index contributed by atoms with van der Waals surface area (Å²) in [4.78, 5) is 18.1. The van der Waals surface area contributed by atoms with Crippen LogP contribution in [0.25, 0.3) is 20.5 Å². The molecule has 0 spiro atoms. The summed E-state index contributed by atoms with van der Waals surface area (Å²) in [5.41, 5.74) is 3.78. The number of methoxy groups -OCH3 is 1. The van der Waals surface area contributed by atoms with Crippen LogP contribution in [0.3, 0.4) is 0 Å². The van der Waals surface area contributed by atoms with E-state index < -0.39 is 15.9 Å². The SMILES string of the molecule is COc1ccc(S(=O)(=O)N(Cc2cccnc2)c2c(C)cc(-c3cc4ccccc4s3)cc2C(=O)NO)cc1.Cl. The van der Waals surface area contributed by atoms with E-state index in [0.29, 0.717) is 16.9 Å². The number of fused-ring (bicyclic) bond motifs is 1. The van der Waals surface area contributed by atoms with Crippen LogP contribution in [-0.2, 0) is 16.6 Å². The van der Waals surface area contributed by atoms with Crippen LogP contribution in [0.5, 0.6) is 5.75 Å². The molecule has 0 bridgehead atoms. The monoisotopic (exact) mass is 595 g/mol. The fourth-order valence-electron chi connectivity index (χ4n) is 4.43. The van der Waals surface area contributed by atoms with Gasteiger partial charge in [0.05, 0.1) is 29.8 Å². The second-order valence-electron chi connectivity index (χ2n) is 8.83. The Morgan fingerprint density at radius 1 is 1.05 bits per heavy atom. The highest BCUT2D eigenvalue weighted by atomic mass is 35.5. The van der Waals surface area contributed by atoms with Gasteiger partial charge in [-0.25, -0.2) is 13.9 Å². The van der Waals surface area contributed by atoms with E-state index in [-0.39, 0.29) is 35.1 Å². The van der Waals surface area contributed by atoms with Crippen molar-refractivity contribution in [3.63, 3.8) is 0 Å². The van der Waals surface area contributed by atoms with Crippen molar-refractivity contribution in [1.29, 1.82) is 0 Å². The first-order valence-electron chi connectivity index (χ1n) is 12.0. The number of carbonyl (C=O) groups is 1. The Balaban J connectivity index is 0.00000370. The predicted molar refractivity (Wildman–Crippen MR) is 159 cm³/mol. The molecule has 5 aromatic rings. The molecule has 0 saturated heterocycles. The van der Waals surface area contributed by atoms with Crippen molar-refractivity contribution < 1.29 is 23.2 Å². The van der Waals surface area contributed by atoms with E-state index in [2.05, 4.69) is 4.98 Å². The molecule has 2 heterocycles. The summed E-state index contributed by atoms with van der Waals surface area (Å²) in [6.45, 7) is 1.66. The number of anilines is 1. The fraction of sp³-hybridized carbons (Fsp3) is 0.103. The lowest BCUT2D eigenvalue weighted by Crippen LogP contribution is -2.34. The van der Waals surface area contributed by atoms with Crippen molar-refractivity contribution in [3.8, 4) is 16.2 Å². The van der Waals surface area contributed by atoms with E-state index >= 15 is 0 Å². The van der Waals surface area contributed by atoms with E-state index in [1.165, 1.54) is 23.5 Å². The standard InChI is InChI=1S/C29H25N3O5S2.ClH/c1-19-14-22(27-16-21-7-3-4-8-26(21)38-27)15-25(29(33)31-34)28(19)32(18-20-6-5-13-30-17-20)39(35,36)24-11-9-23(37-2)10-12-24;/h3-17,34H,18H2,1-2H3,(H,31,33);1H. The average Bonchev–Trinajstić information content (AvgIpc) is 3.40. The van der Waals surface area contributed by atoms with Crippen LogP contribution >= 0.6 is 23.7 Å². The molecule has 8 nitrogen and oxygen atoms in total. The van der Waals surface area contributed by atoms with Gasteiger partial charge in [0, 0.05) is 22.0 Å². The number of ether oxygens (including phenoxy) is 1. The molecule has 206 valence electrons. The molecule has 0 aliphatic heterocycles. The summed E-state index contributed by atoms with van der Waals surface area (Å²) in [5, 5.41) is 10.7. The van der Waals surface area contributed by atoms with Crippen molar-refractivity contribution in [2.75, 3.05) is 11.4 Å². The van der Waals surface area contributed by atoms with E-state index in [1.807, 2.05) is 36.4 Å². The second-order valence-corrected chi connectivity index (χ2v) is 11.8. The summed E-state index contributed by atoms with van der Waals surface area (Å²) in [6, 6.07) is 22.9. The molecule has 40 heavy (non-hydrogen) atoms. The number of halogens is 1. The van der Waals surface area contributed by atoms with E-state index in [4.69, 9.17) is 4.74 Å². The topological polar surface area (TPSA) is 109 Å². The summed E-state index contributed by atoms with van der Waals surface area (Å²) in [5.74, 6) is -0.311. The Morgan fingerprint density at radius 3 is 2.45 bits per heavy atom. The molecule has 0 saturated carbocycles. The molecule has 11 heteroatoms. The minimum Gasteiger partial charge on any atom is -0.497 e. The van der Waals surface area contributed by atoms with Gasteiger partial charge in [0.1, 0.15) is 5.75 Å². The van der Waals surface area contributed by atoms with Crippen LogP contribution in [-0.4, -0.2) is 31.6 Å². The second kappa shape index (κ2) is 12.1. The minimum absolute atomic E-state index is 0. The van der Waals surface area contributed by atoms with Gasteiger partial charge in [-0.3, -0.25) is 19.3 Å². The van der Waals surface area contributed by atoms with Gasteiger partial charge in [0.2, 0.25) is 0 Å². The lowest BCUT2D eigenvalue weighted by atomic mass is 10.0. The fourth-order valence-corrected chi connectivity index (χ4v) is 7.01. The zero-order valence-corrected chi connectivity index (χ0v) is 24.0. The number of aromatic nitrogens is 1. The maximum Gasteiger partial charge on any atom is 0.276 e. The van der Waals surface area contributed by atoms with Gasteiger partial charge < -0.3 is 4.74 Å². The van der Waals surface area contributed by atoms with Gasteiger partial charge in [-0.2, -0.15) is 0 Å². The van der Waals surface area contributed by atoms with E-state index in [0.717, 1.165) is 20.5 Å². The van der Waals surface area contributed by atoms with Crippen molar-refractivity contribution in [3.05, 3.63) is 108 Å². The normalized spacial score (nSPS) is 11.1. The number of aryl methyl sites for hydroxylation is 1. The predicted octanol–water partition coefficient (Wildman–Crippen LogP) is 6.22. The number of hydrogen-bond donors (Lipinski definition) is 2. The average molecular weight is 596 g/mol. The molecule has 0 aliphatic carbocycles. The highest BCUT2D eigenvalue weighted by molar-refractivity contribution is 7.92. The van der Waals surface area contributed by atoms with E-state index in [1.54, 1.807) is 66.5 Å². The zero-order chi connectivity index (χ0) is 27.6. The molecule has 2 N–H and O–H groups in total. The maximum atomic E-state index is 14.1. The molecule has 3 aromatic carbocycles. The first-order valence-corrected chi connectivity index (χ1v) is 14.2. The molecule has 0 unspecified atom stereocenters. The van der Waals surface area contributed by atoms with Crippen LogP contribution in [0.2, 0.25) is 0 Å². The Bertz CT molecular complexity index is 1730. The summed E-state index contributed by atoms with van der Waals surface area (Å²) < 4.78 is 35.6. The van der Waals surface area contributed by atoms with Crippen molar-refractivity contribution in [1.82, 2.24) is 10.5 Å². The van der Waals surface area contributed by atoms with Crippen molar-refractivity contribution in [2.45, 2.75) is 18.4 Å². The quantitative estimate of drug-likeness (QED) is 0.163. The number of thiophene rings is 1. The molecular weight excluding hydrogens is 570 g/mol. The summed E-state index contributed by atoms with van der Waals surface area (Å²) >= 11 is 1.56. The molecule has 0 atom stereocenters. The molecule has 5 rings (SSSR count). The highest BCUT2D eigenvalue weighted by Gasteiger charge is 2.31.